The fourth-order valence-corrected chi connectivity index (χ4v) is 7.41. The van der Waals surface area contributed by atoms with E-state index >= 15 is 0 Å². The molecule has 206 valence electrons. The molecule has 2 saturated heterocycles. The average molecular weight is 646 g/mol. The van der Waals surface area contributed by atoms with Crippen molar-refractivity contribution in [1.29, 1.82) is 5.26 Å². The maximum atomic E-state index is 14.0. The van der Waals surface area contributed by atoms with Crippen molar-refractivity contribution in [2.24, 2.45) is 0 Å². The molecule has 6 rings (SSSR count). The van der Waals surface area contributed by atoms with Crippen LogP contribution >= 0.6 is 22.6 Å². The van der Waals surface area contributed by atoms with Gasteiger partial charge in [-0.05, 0) is 72.5 Å². The highest BCUT2D eigenvalue weighted by Gasteiger charge is 2.48. The number of hydrogen-bond donors (Lipinski definition) is 2. The lowest BCUT2D eigenvalue weighted by atomic mass is 9.65. The number of alkyl halides is 1. The van der Waals surface area contributed by atoms with Crippen molar-refractivity contribution < 1.29 is 13.9 Å². The lowest BCUT2D eigenvalue weighted by Crippen LogP contribution is -2.52. The molecule has 11 heteroatoms. The number of hydrogen-bond acceptors (Lipinski definition) is 8. The summed E-state index contributed by atoms with van der Waals surface area (Å²) in [4.78, 5) is 27.7. The SMILES string of the molecule is CN1C[C@H](F)C[C@H]1COc1nc2c(c(N3CCN[C@@H](CC#N)C3)n1)NC(=O)C1(CCCc3c(I)cccc31)C2. The van der Waals surface area contributed by atoms with Crippen LogP contribution in [-0.4, -0.2) is 78.9 Å². The van der Waals surface area contributed by atoms with Crippen LogP contribution in [0.25, 0.3) is 0 Å². The summed E-state index contributed by atoms with van der Waals surface area (Å²) in [6, 6.07) is 8.68. The molecule has 0 saturated carbocycles. The number of piperazine rings is 1. The van der Waals surface area contributed by atoms with Gasteiger partial charge in [-0.3, -0.25) is 9.69 Å². The molecule has 4 atom stereocenters. The minimum atomic E-state index is -0.856. The Morgan fingerprint density at radius 2 is 2.21 bits per heavy atom. The summed E-state index contributed by atoms with van der Waals surface area (Å²) in [6.07, 6.45) is 3.08. The molecule has 4 heterocycles. The number of nitrogens with one attached hydrogen (secondary N) is 2. The number of halogens is 2. The second-order valence-electron chi connectivity index (χ2n) is 11.2. The van der Waals surface area contributed by atoms with Gasteiger partial charge in [0.25, 0.3) is 0 Å². The second kappa shape index (κ2) is 10.8. The van der Waals surface area contributed by atoms with Gasteiger partial charge in [0.15, 0.2) is 5.82 Å². The Morgan fingerprint density at radius 1 is 1.33 bits per heavy atom. The topological polar surface area (TPSA) is 106 Å². The number of likely N-dealkylation sites (tertiary alicyclic amines) is 1. The summed E-state index contributed by atoms with van der Waals surface area (Å²) < 4.78 is 21.3. The lowest BCUT2D eigenvalue weighted by Gasteiger charge is -2.42. The largest absolute Gasteiger partial charge is 0.462 e. The van der Waals surface area contributed by atoms with Gasteiger partial charge in [-0.2, -0.15) is 15.2 Å². The fraction of sp³-hybridized carbons (Fsp3) is 0.571. The summed E-state index contributed by atoms with van der Waals surface area (Å²) in [7, 11) is 1.91. The molecule has 3 aliphatic heterocycles. The Kier molecular flexibility index (Phi) is 7.37. The van der Waals surface area contributed by atoms with E-state index < -0.39 is 11.6 Å². The predicted octanol–water partition coefficient (Wildman–Crippen LogP) is 2.96. The summed E-state index contributed by atoms with van der Waals surface area (Å²) >= 11 is 2.37. The van der Waals surface area contributed by atoms with Gasteiger partial charge in [-0.15, -0.1) is 0 Å². The van der Waals surface area contributed by atoms with Gasteiger partial charge in [-0.25, -0.2) is 4.39 Å². The molecule has 1 amide bonds. The standard InChI is InChI=1S/C28H33FIN7O2/c1-36-14-17(29)12-19(36)16-39-27-33-23-13-28(8-3-4-20-21(28)5-2-6-22(20)30)26(38)34-24(23)25(35-27)37-11-10-32-18(15-37)7-9-31/h2,5-6,17-19,32H,3-4,7-8,10-16H2,1H3,(H,34,38)/t17-,18+,19+,28?/m1/s1. The number of nitriles is 1. The first-order valence-corrected chi connectivity index (χ1v) is 14.8. The number of carbonyl (C=O) groups is 1. The van der Waals surface area contributed by atoms with Gasteiger partial charge in [0, 0.05) is 48.3 Å². The van der Waals surface area contributed by atoms with Gasteiger partial charge in [0.2, 0.25) is 5.91 Å². The van der Waals surface area contributed by atoms with Gasteiger partial charge in [0.05, 0.1) is 23.6 Å². The Bertz CT molecular complexity index is 1320. The first kappa shape index (κ1) is 26.7. The van der Waals surface area contributed by atoms with E-state index in [0.29, 0.717) is 63.6 Å². The zero-order chi connectivity index (χ0) is 27.1. The molecule has 0 bridgehead atoms. The van der Waals surface area contributed by atoms with Crippen molar-refractivity contribution >= 4 is 40.0 Å². The number of aromatic nitrogens is 2. The number of anilines is 2. The Labute approximate surface area is 241 Å². The van der Waals surface area contributed by atoms with E-state index in [4.69, 9.17) is 14.7 Å². The van der Waals surface area contributed by atoms with Crippen LogP contribution in [0.2, 0.25) is 0 Å². The normalized spacial score (nSPS) is 28.5. The molecule has 1 aliphatic carbocycles. The zero-order valence-corrected chi connectivity index (χ0v) is 24.2. The van der Waals surface area contributed by atoms with E-state index in [1.54, 1.807) is 0 Å². The molecular formula is C28H33FIN7O2. The molecule has 9 nitrogen and oxygen atoms in total. The summed E-state index contributed by atoms with van der Waals surface area (Å²) in [5.74, 6) is 0.617. The zero-order valence-electron chi connectivity index (χ0n) is 22.1. The number of rotatable bonds is 5. The number of ether oxygens (including phenoxy) is 1. The monoisotopic (exact) mass is 645 g/mol. The van der Waals surface area contributed by atoms with Crippen LogP contribution in [0.1, 0.15) is 42.5 Å². The van der Waals surface area contributed by atoms with E-state index in [2.05, 4.69) is 56.3 Å². The van der Waals surface area contributed by atoms with Crippen molar-refractivity contribution in [3.63, 3.8) is 0 Å². The molecule has 1 unspecified atom stereocenters. The van der Waals surface area contributed by atoms with Gasteiger partial charge in [0.1, 0.15) is 18.5 Å². The number of amides is 1. The van der Waals surface area contributed by atoms with Crippen molar-refractivity contribution in [3.8, 4) is 12.1 Å². The number of likely N-dealkylation sites (N-methyl/N-ethyl adjacent to an activating group) is 1. The highest BCUT2D eigenvalue weighted by Crippen LogP contribution is 2.47. The number of carbonyl (C=O) groups excluding carboxylic acids is 1. The van der Waals surface area contributed by atoms with Crippen LogP contribution in [-0.2, 0) is 23.1 Å². The summed E-state index contributed by atoms with van der Waals surface area (Å²) in [6.45, 7) is 2.68. The molecule has 2 fully saturated rings. The van der Waals surface area contributed by atoms with E-state index in [1.807, 2.05) is 18.0 Å². The first-order chi connectivity index (χ1) is 18.9. The molecule has 4 aliphatic rings. The second-order valence-corrected chi connectivity index (χ2v) is 12.3. The van der Waals surface area contributed by atoms with Crippen LogP contribution < -0.4 is 20.3 Å². The minimum Gasteiger partial charge on any atom is -0.462 e. The van der Waals surface area contributed by atoms with Crippen molar-refractivity contribution in [2.75, 3.05) is 50.1 Å². The van der Waals surface area contributed by atoms with Crippen LogP contribution in [0.15, 0.2) is 18.2 Å². The summed E-state index contributed by atoms with van der Waals surface area (Å²) in [5, 5.41) is 15.9. The molecule has 1 spiro atoms. The van der Waals surface area contributed by atoms with Crippen molar-refractivity contribution in [1.82, 2.24) is 20.2 Å². The molecule has 2 N–H and O–H groups in total. The van der Waals surface area contributed by atoms with Crippen LogP contribution in [0.3, 0.4) is 0 Å². The molecular weight excluding hydrogens is 612 g/mol. The number of fused-ring (bicyclic) bond motifs is 3. The Morgan fingerprint density at radius 3 is 3.00 bits per heavy atom. The predicted molar refractivity (Wildman–Crippen MR) is 154 cm³/mol. The van der Waals surface area contributed by atoms with E-state index in [-0.39, 0.29) is 24.0 Å². The first-order valence-electron chi connectivity index (χ1n) is 13.7. The third kappa shape index (κ3) is 4.95. The number of nitrogens with zero attached hydrogens (tertiary/aromatic N) is 5. The third-order valence-electron chi connectivity index (χ3n) is 8.69. The van der Waals surface area contributed by atoms with Crippen molar-refractivity contribution in [3.05, 3.63) is 38.6 Å². The Hall–Kier alpha value is -2.56. The molecule has 1 aromatic heterocycles. The lowest BCUT2D eigenvalue weighted by molar-refractivity contribution is -0.122. The van der Waals surface area contributed by atoms with E-state index in [1.165, 1.54) is 9.13 Å². The maximum absolute atomic E-state index is 14.0. The smallest absolute Gasteiger partial charge is 0.318 e. The highest BCUT2D eigenvalue weighted by molar-refractivity contribution is 14.1. The van der Waals surface area contributed by atoms with E-state index in [0.717, 1.165) is 30.5 Å². The van der Waals surface area contributed by atoms with Crippen LogP contribution in [0.4, 0.5) is 15.9 Å². The van der Waals surface area contributed by atoms with E-state index in [9.17, 15) is 14.4 Å². The Balaban J connectivity index is 1.38. The number of benzene rings is 1. The molecule has 1 aromatic carbocycles. The third-order valence-corrected chi connectivity index (χ3v) is 9.70. The molecule has 39 heavy (non-hydrogen) atoms. The fourth-order valence-electron chi connectivity index (χ4n) is 6.64. The van der Waals surface area contributed by atoms with Crippen LogP contribution in [0, 0.1) is 14.9 Å². The van der Waals surface area contributed by atoms with Gasteiger partial charge < -0.3 is 20.3 Å². The molecule has 2 aromatic rings. The quantitative estimate of drug-likeness (QED) is 0.479. The van der Waals surface area contributed by atoms with Gasteiger partial charge >= 0.3 is 6.01 Å². The average Bonchev–Trinajstić information content (AvgIpc) is 3.25. The maximum Gasteiger partial charge on any atom is 0.318 e. The van der Waals surface area contributed by atoms with Crippen molar-refractivity contribution in [2.45, 2.75) is 62.2 Å². The summed E-state index contributed by atoms with van der Waals surface area (Å²) in [5.41, 5.74) is 3.05. The highest BCUT2D eigenvalue weighted by atomic mass is 127. The molecule has 0 radical (unpaired) electrons. The van der Waals surface area contributed by atoms with Gasteiger partial charge in [-0.1, -0.05) is 12.1 Å². The minimum absolute atomic E-state index is 0.00490. The van der Waals surface area contributed by atoms with Crippen LogP contribution in [0.5, 0.6) is 6.01 Å².